The summed E-state index contributed by atoms with van der Waals surface area (Å²) in [6, 6.07) is 8.53. The Morgan fingerprint density at radius 2 is 1.72 bits per heavy atom. The molecule has 1 saturated heterocycles. The van der Waals surface area contributed by atoms with Crippen molar-refractivity contribution in [2.75, 3.05) is 36.8 Å². The van der Waals surface area contributed by atoms with Gasteiger partial charge in [-0.2, -0.15) is 10.2 Å². The van der Waals surface area contributed by atoms with E-state index in [2.05, 4.69) is 36.7 Å². The van der Waals surface area contributed by atoms with Crippen LogP contribution in [0, 0.1) is 35.0 Å². The van der Waals surface area contributed by atoms with Crippen LogP contribution in [0.2, 0.25) is 0 Å². The topological polar surface area (TPSA) is 124 Å². The normalized spacial score (nSPS) is 23.5. The molecule has 0 spiro atoms. The van der Waals surface area contributed by atoms with Gasteiger partial charge in [0.15, 0.2) is 0 Å². The van der Waals surface area contributed by atoms with Gasteiger partial charge in [0.1, 0.15) is 28.8 Å². The van der Waals surface area contributed by atoms with Gasteiger partial charge in [-0.1, -0.05) is 24.6 Å². The molecule has 2 saturated carbocycles. The summed E-state index contributed by atoms with van der Waals surface area (Å²) in [6.07, 6.45) is 4.19. The summed E-state index contributed by atoms with van der Waals surface area (Å²) < 4.78 is 48.1. The van der Waals surface area contributed by atoms with E-state index in [1.54, 1.807) is 6.07 Å². The number of hydrogen-bond acceptors (Lipinski definition) is 9. The van der Waals surface area contributed by atoms with Crippen molar-refractivity contribution in [3.05, 3.63) is 41.6 Å². The number of fused-ring (bicyclic) bond motifs is 2. The summed E-state index contributed by atoms with van der Waals surface area (Å²) in [6.45, 7) is 8.81. The highest BCUT2D eigenvalue weighted by Gasteiger charge is 2.40. The fourth-order valence-corrected chi connectivity index (χ4v) is 7.29. The minimum Gasteiger partial charge on any atom is -0.444 e. The van der Waals surface area contributed by atoms with Gasteiger partial charge in [0.05, 0.1) is 6.20 Å². The molecule has 10 nitrogen and oxygen atoms in total. The van der Waals surface area contributed by atoms with Gasteiger partial charge >= 0.3 is 12.5 Å². The fourth-order valence-electron chi connectivity index (χ4n) is 7.29. The number of aromatic nitrogens is 2. The number of para-hydroxylation sites is 1. The van der Waals surface area contributed by atoms with E-state index in [0.29, 0.717) is 53.2 Å². The smallest absolute Gasteiger partial charge is 0.444 e. The minimum absolute atomic E-state index is 0.0147. The number of nitriles is 1. The van der Waals surface area contributed by atoms with E-state index in [-0.39, 0.29) is 24.3 Å². The lowest BCUT2D eigenvalue weighted by Crippen LogP contribution is -2.52. The van der Waals surface area contributed by atoms with Crippen LogP contribution >= 0.6 is 0 Å². The number of rotatable bonds is 10. The molecule has 1 amide bonds. The summed E-state index contributed by atoms with van der Waals surface area (Å²) in [5.74, 6) is 2.48. The van der Waals surface area contributed by atoms with Gasteiger partial charge in [-0.3, -0.25) is 0 Å². The molecule has 4 atom stereocenters. The van der Waals surface area contributed by atoms with E-state index in [1.807, 2.05) is 25.7 Å². The lowest BCUT2D eigenvalue weighted by atomic mass is 9.64. The summed E-state index contributed by atoms with van der Waals surface area (Å²) in [7, 11) is 0. The third-order valence-electron chi connectivity index (χ3n) is 9.45. The summed E-state index contributed by atoms with van der Waals surface area (Å²) in [5, 5.41) is 20.0. The maximum atomic E-state index is 12.8. The van der Waals surface area contributed by atoms with Crippen molar-refractivity contribution in [1.82, 2.24) is 20.2 Å². The zero-order chi connectivity index (χ0) is 33.6. The Labute approximate surface area is 274 Å². The average Bonchev–Trinajstić information content (AvgIpc) is 3.01. The number of anilines is 2. The quantitative estimate of drug-likeness (QED) is 0.256. The molecular formula is C34H46F3N7O3. The van der Waals surface area contributed by atoms with Crippen LogP contribution in [-0.2, 0) is 11.3 Å². The third kappa shape index (κ3) is 9.86. The van der Waals surface area contributed by atoms with Crippen LogP contribution in [0.1, 0.15) is 76.8 Å². The third-order valence-corrected chi connectivity index (χ3v) is 9.45. The maximum absolute atomic E-state index is 12.8. The molecule has 2 aliphatic carbocycles. The molecular weight excluding hydrogens is 611 g/mol. The molecule has 1 aromatic heterocycles. The van der Waals surface area contributed by atoms with E-state index < -0.39 is 12.0 Å². The number of piperidine rings is 1. The predicted molar refractivity (Wildman–Crippen MR) is 172 cm³/mol. The van der Waals surface area contributed by atoms with Crippen molar-refractivity contribution in [2.45, 2.75) is 90.3 Å². The molecule has 3 fully saturated rings. The molecule has 2 heterocycles. The Bertz CT molecular complexity index is 1390. The average molecular weight is 658 g/mol. The lowest BCUT2D eigenvalue weighted by molar-refractivity contribution is -0.274. The Balaban J connectivity index is 1.11. The van der Waals surface area contributed by atoms with E-state index >= 15 is 0 Å². The van der Waals surface area contributed by atoms with Gasteiger partial charge in [-0.15, -0.1) is 13.2 Å². The number of likely N-dealkylation sites (tertiary alicyclic amines) is 1. The Morgan fingerprint density at radius 3 is 2.38 bits per heavy atom. The molecule has 0 radical (unpaired) electrons. The number of ether oxygens (including phenoxy) is 2. The fraction of sp³-hybridized carbons (Fsp3) is 0.647. The number of carbonyl (C=O) groups is 1. The molecule has 13 heteroatoms. The molecule has 2 unspecified atom stereocenters. The first-order valence-corrected chi connectivity index (χ1v) is 16.7. The molecule has 47 heavy (non-hydrogen) atoms. The first-order chi connectivity index (χ1) is 22.4. The van der Waals surface area contributed by atoms with Crippen LogP contribution in [0.5, 0.6) is 5.75 Å². The molecule has 3 N–H and O–H groups in total. The number of amides is 1. The molecule has 3 aliphatic rings. The highest BCUT2D eigenvalue weighted by molar-refractivity contribution is 5.68. The van der Waals surface area contributed by atoms with E-state index in [0.717, 1.165) is 45.3 Å². The Hall–Kier alpha value is -3.79. The number of alkyl halides is 3. The van der Waals surface area contributed by atoms with Crippen LogP contribution < -0.4 is 20.7 Å². The van der Waals surface area contributed by atoms with Gasteiger partial charge in [0.25, 0.3) is 0 Å². The standard InChI is InChI=1S/C34H46F3N7O3/c1-33(2,3)47-32(45)44-13-11-22(12-14-44)18-39-29-24-8-6-9-25(29)16-23(15-24)19-40-30-27(17-38)21-42-31(43-30)41-20-26-7-4-5-10-28(26)46-34(35,36)37/h4-5,7,10,21-25,29,39H,6,8-9,11-16,18-20H2,1-3H3,(H2,40,41,42,43)/t23?,24-,25+,29?. The first kappa shape index (κ1) is 34.5. The van der Waals surface area contributed by atoms with E-state index in [4.69, 9.17) is 4.74 Å². The highest BCUT2D eigenvalue weighted by Crippen LogP contribution is 2.43. The van der Waals surface area contributed by atoms with E-state index in [1.165, 1.54) is 43.7 Å². The molecule has 256 valence electrons. The number of benzene rings is 1. The van der Waals surface area contributed by atoms with Crippen molar-refractivity contribution in [3.63, 3.8) is 0 Å². The van der Waals surface area contributed by atoms with Crippen molar-refractivity contribution >= 4 is 17.9 Å². The number of halogens is 3. The largest absolute Gasteiger partial charge is 0.573 e. The Morgan fingerprint density at radius 1 is 1.02 bits per heavy atom. The van der Waals surface area contributed by atoms with Crippen molar-refractivity contribution < 1.29 is 27.4 Å². The summed E-state index contributed by atoms with van der Waals surface area (Å²) in [4.78, 5) is 22.9. The van der Waals surface area contributed by atoms with Crippen LogP contribution in [0.25, 0.3) is 0 Å². The lowest BCUT2D eigenvalue weighted by Gasteiger charge is -2.47. The number of hydrogen-bond donors (Lipinski definition) is 3. The number of carbonyl (C=O) groups excluding carboxylic acids is 1. The predicted octanol–water partition coefficient (Wildman–Crippen LogP) is 6.70. The van der Waals surface area contributed by atoms with Gasteiger partial charge in [-0.25, -0.2) is 9.78 Å². The molecule has 2 bridgehead atoms. The highest BCUT2D eigenvalue weighted by atomic mass is 19.4. The number of nitrogens with zero attached hydrogens (tertiary/aromatic N) is 4. The zero-order valence-corrected chi connectivity index (χ0v) is 27.4. The van der Waals surface area contributed by atoms with Gasteiger partial charge < -0.3 is 30.3 Å². The van der Waals surface area contributed by atoms with Crippen LogP contribution in [0.4, 0.5) is 29.7 Å². The van der Waals surface area contributed by atoms with Gasteiger partial charge in [-0.05, 0) is 95.6 Å². The number of nitrogens with one attached hydrogen (secondary N) is 3. The summed E-state index contributed by atoms with van der Waals surface area (Å²) in [5.41, 5.74) is 0.128. The molecule has 2 aromatic rings. The van der Waals surface area contributed by atoms with Crippen molar-refractivity contribution in [3.8, 4) is 11.8 Å². The van der Waals surface area contributed by atoms with Crippen molar-refractivity contribution in [1.29, 1.82) is 5.26 Å². The van der Waals surface area contributed by atoms with Crippen LogP contribution in [0.15, 0.2) is 30.5 Å². The molecule has 1 aromatic carbocycles. The molecule has 1 aliphatic heterocycles. The van der Waals surface area contributed by atoms with Gasteiger partial charge in [0, 0.05) is 37.8 Å². The minimum atomic E-state index is -4.80. The van der Waals surface area contributed by atoms with E-state index in [9.17, 15) is 23.2 Å². The second-order valence-electron chi connectivity index (χ2n) is 14.1. The van der Waals surface area contributed by atoms with Crippen LogP contribution in [0.3, 0.4) is 0 Å². The molecule has 5 rings (SSSR count). The Kier molecular flexibility index (Phi) is 11.0. The van der Waals surface area contributed by atoms with Gasteiger partial charge in [0.2, 0.25) is 5.95 Å². The second kappa shape index (κ2) is 15.0. The van der Waals surface area contributed by atoms with Crippen molar-refractivity contribution in [2.24, 2.45) is 23.7 Å². The first-order valence-electron chi connectivity index (χ1n) is 16.7. The van der Waals surface area contributed by atoms with Crippen LogP contribution in [-0.4, -0.2) is 65.1 Å². The maximum Gasteiger partial charge on any atom is 0.573 e. The monoisotopic (exact) mass is 657 g/mol. The second-order valence-corrected chi connectivity index (χ2v) is 14.1. The zero-order valence-electron chi connectivity index (χ0n) is 27.4. The summed E-state index contributed by atoms with van der Waals surface area (Å²) >= 11 is 0. The SMILES string of the molecule is CC(C)(C)OC(=O)N1CCC(CNC2[C@@H]3CCC[C@H]2CC(CNc2nc(NCc4ccccc4OC(F)(F)F)ncc2C#N)C3)CC1.